The average molecular weight is 283 g/mol. The first kappa shape index (κ1) is 12.4. The number of benzene rings is 1. The van der Waals surface area contributed by atoms with Crippen molar-refractivity contribution in [2.24, 2.45) is 7.05 Å². The average Bonchev–Trinajstić information content (AvgIpc) is 3.15. The first-order valence-corrected chi connectivity index (χ1v) is 7.33. The van der Waals surface area contributed by atoms with E-state index in [1.54, 1.807) is 4.68 Å². The molecular formula is C16H17N3O2. The quantitative estimate of drug-likeness (QED) is 0.806. The predicted molar refractivity (Wildman–Crippen MR) is 78.1 cm³/mol. The molecule has 21 heavy (non-hydrogen) atoms. The van der Waals surface area contributed by atoms with Crippen molar-refractivity contribution in [1.29, 1.82) is 0 Å². The molecule has 0 bridgehead atoms. The summed E-state index contributed by atoms with van der Waals surface area (Å²) in [5.41, 5.74) is 3.46. The normalized spacial score (nSPS) is 16.3. The second-order valence-corrected chi connectivity index (χ2v) is 5.58. The summed E-state index contributed by atoms with van der Waals surface area (Å²) in [6.45, 7) is 2.08. The smallest absolute Gasteiger partial charge is 0.274 e. The summed E-state index contributed by atoms with van der Waals surface area (Å²) >= 11 is 0. The number of aromatic nitrogens is 2. The summed E-state index contributed by atoms with van der Waals surface area (Å²) < 4.78 is 7.60. The van der Waals surface area contributed by atoms with Crippen molar-refractivity contribution in [3.63, 3.8) is 0 Å². The van der Waals surface area contributed by atoms with Gasteiger partial charge in [-0.25, -0.2) is 0 Å². The van der Waals surface area contributed by atoms with E-state index in [1.165, 1.54) is 0 Å². The molecule has 0 atom stereocenters. The van der Waals surface area contributed by atoms with Gasteiger partial charge in [0, 0.05) is 31.3 Å². The Kier molecular flexibility index (Phi) is 2.74. The first-order valence-electron chi connectivity index (χ1n) is 7.33. The number of amides is 1. The molecule has 2 aromatic rings. The molecule has 2 aliphatic rings. The minimum Gasteiger partial charge on any atom is -0.488 e. The number of hydrogen-bond donors (Lipinski definition) is 0. The minimum atomic E-state index is 0.0346. The lowest BCUT2D eigenvalue weighted by Gasteiger charge is -2.19. The van der Waals surface area contributed by atoms with Crippen LogP contribution in [0.2, 0.25) is 0 Å². The number of likely N-dealkylation sites (tertiary alicyclic amines) is 1. The predicted octanol–water partition coefficient (Wildman–Crippen LogP) is 2.22. The third kappa shape index (κ3) is 1.84. The van der Waals surface area contributed by atoms with Crippen molar-refractivity contribution in [3.05, 3.63) is 35.5 Å². The fraction of sp³-hybridized carbons (Fsp3) is 0.375. The fourth-order valence-electron chi connectivity index (χ4n) is 3.22. The molecule has 0 saturated carbocycles. The maximum Gasteiger partial charge on any atom is 0.274 e. The Labute approximate surface area is 123 Å². The Morgan fingerprint density at radius 2 is 2.00 bits per heavy atom. The number of aryl methyl sites for hydroxylation is 1. The van der Waals surface area contributed by atoms with E-state index in [0.717, 1.165) is 48.5 Å². The van der Waals surface area contributed by atoms with Crippen LogP contribution in [0.15, 0.2) is 24.3 Å². The zero-order chi connectivity index (χ0) is 14.4. The Bertz CT molecular complexity index is 714. The molecule has 5 heteroatoms. The summed E-state index contributed by atoms with van der Waals surface area (Å²) in [6.07, 6.45) is 2.17. The monoisotopic (exact) mass is 283 g/mol. The van der Waals surface area contributed by atoms with Gasteiger partial charge in [0.25, 0.3) is 5.91 Å². The van der Waals surface area contributed by atoms with Gasteiger partial charge < -0.3 is 9.64 Å². The molecule has 0 spiro atoms. The molecule has 4 rings (SSSR count). The lowest BCUT2D eigenvalue weighted by Crippen LogP contribution is -2.29. The van der Waals surface area contributed by atoms with Crippen LogP contribution in [-0.4, -0.2) is 33.7 Å². The van der Waals surface area contributed by atoms with Crippen LogP contribution in [0.4, 0.5) is 0 Å². The largest absolute Gasteiger partial charge is 0.488 e. The molecule has 0 unspecified atom stereocenters. The van der Waals surface area contributed by atoms with Gasteiger partial charge in [-0.15, -0.1) is 0 Å². The SMILES string of the molecule is Cn1nc(C(=O)N2CCCC2)c2c1-c1ccccc1OC2. The first-order chi connectivity index (χ1) is 10.3. The van der Waals surface area contributed by atoms with Crippen LogP contribution in [-0.2, 0) is 13.7 Å². The van der Waals surface area contributed by atoms with Gasteiger partial charge in [-0.05, 0) is 25.0 Å². The molecule has 1 aromatic heterocycles. The Morgan fingerprint density at radius 1 is 1.24 bits per heavy atom. The van der Waals surface area contributed by atoms with Crippen LogP contribution in [0.5, 0.6) is 5.75 Å². The van der Waals surface area contributed by atoms with Crippen molar-refractivity contribution >= 4 is 5.91 Å². The minimum absolute atomic E-state index is 0.0346. The molecular weight excluding hydrogens is 266 g/mol. The van der Waals surface area contributed by atoms with Gasteiger partial charge >= 0.3 is 0 Å². The Balaban J connectivity index is 1.81. The zero-order valence-electron chi connectivity index (χ0n) is 12.0. The van der Waals surface area contributed by atoms with Gasteiger partial charge in [0.15, 0.2) is 5.69 Å². The number of rotatable bonds is 1. The number of carbonyl (C=O) groups excluding carboxylic acids is 1. The molecule has 5 nitrogen and oxygen atoms in total. The maximum absolute atomic E-state index is 12.6. The Hall–Kier alpha value is -2.30. The van der Waals surface area contributed by atoms with Gasteiger partial charge in [0.1, 0.15) is 12.4 Å². The summed E-state index contributed by atoms with van der Waals surface area (Å²) in [7, 11) is 1.89. The van der Waals surface area contributed by atoms with E-state index in [9.17, 15) is 4.79 Å². The van der Waals surface area contributed by atoms with E-state index in [-0.39, 0.29) is 5.91 Å². The number of fused-ring (bicyclic) bond motifs is 3. The number of ether oxygens (including phenoxy) is 1. The molecule has 0 radical (unpaired) electrons. The third-order valence-corrected chi connectivity index (χ3v) is 4.26. The van der Waals surface area contributed by atoms with E-state index >= 15 is 0 Å². The van der Waals surface area contributed by atoms with Crippen LogP contribution in [0.3, 0.4) is 0 Å². The van der Waals surface area contributed by atoms with Gasteiger partial charge in [-0.1, -0.05) is 12.1 Å². The van der Waals surface area contributed by atoms with Crippen molar-refractivity contribution in [3.8, 4) is 17.0 Å². The standard InChI is InChI=1S/C16H17N3O2/c1-18-15-11-6-2-3-7-13(11)21-10-12(15)14(17-18)16(20)19-8-4-5-9-19/h2-3,6-7H,4-5,8-10H2,1H3. The summed E-state index contributed by atoms with van der Waals surface area (Å²) in [6, 6.07) is 7.90. The molecule has 108 valence electrons. The van der Waals surface area contributed by atoms with Crippen LogP contribution in [0.25, 0.3) is 11.3 Å². The van der Waals surface area contributed by atoms with Crippen LogP contribution >= 0.6 is 0 Å². The molecule has 1 saturated heterocycles. The molecule has 2 aliphatic heterocycles. The maximum atomic E-state index is 12.6. The summed E-state index contributed by atoms with van der Waals surface area (Å²) in [4.78, 5) is 14.5. The number of para-hydroxylation sites is 1. The van der Waals surface area contributed by atoms with Crippen LogP contribution in [0.1, 0.15) is 28.9 Å². The second kappa shape index (κ2) is 4.62. The van der Waals surface area contributed by atoms with E-state index < -0.39 is 0 Å². The Morgan fingerprint density at radius 3 is 2.81 bits per heavy atom. The molecule has 1 fully saturated rings. The van der Waals surface area contributed by atoms with Crippen LogP contribution < -0.4 is 4.74 Å². The highest BCUT2D eigenvalue weighted by Gasteiger charge is 2.31. The summed E-state index contributed by atoms with van der Waals surface area (Å²) in [5.74, 6) is 0.889. The van der Waals surface area contributed by atoms with Crippen LogP contribution in [0, 0.1) is 0 Å². The van der Waals surface area contributed by atoms with Gasteiger partial charge in [-0.2, -0.15) is 5.10 Å². The highest BCUT2D eigenvalue weighted by molar-refractivity contribution is 5.96. The van der Waals surface area contributed by atoms with Crippen molar-refractivity contribution < 1.29 is 9.53 Å². The number of hydrogen-bond acceptors (Lipinski definition) is 3. The van der Waals surface area contributed by atoms with E-state index in [0.29, 0.717) is 12.3 Å². The fourth-order valence-corrected chi connectivity index (χ4v) is 3.22. The lowest BCUT2D eigenvalue weighted by atomic mass is 10.0. The van der Waals surface area contributed by atoms with E-state index in [4.69, 9.17) is 4.74 Å². The molecule has 0 N–H and O–H groups in total. The summed E-state index contributed by atoms with van der Waals surface area (Å²) in [5, 5.41) is 4.48. The van der Waals surface area contributed by atoms with Gasteiger partial charge in [-0.3, -0.25) is 9.48 Å². The van der Waals surface area contributed by atoms with Crippen molar-refractivity contribution in [1.82, 2.24) is 14.7 Å². The lowest BCUT2D eigenvalue weighted by molar-refractivity contribution is 0.0783. The third-order valence-electron chi connectivity index (χ3n) is 4.26. The van der Waals surface area contributed by atoms with Gasteiger partial charge in [0.2, 0.25) is 0 Å². The molecule has 1 amide bonds. The number of nitrogens with zero attached hydrogens (tertiary/aromatic N) is 3. The second-order valence-electron chi connectivity index (χ2n) is 5.58. The highest BCUT2D eigenvalue weighted by atomic mass is 16.5. The molecule has 0 aliphatic carbocycles. The van der Waals surface area contributed by atoms with E-state index in [1.807, 2.05) is 36.2 Å². The van der Waals surface area contributed by atoms with E-state index in [2.05, 4.69) is 5.10 Å². The zero-order valence-corrected chi connectivity index (χ0v) is 12.0. The van der Waals surface area contributed by atoms with Crippen molar-refractivity contribution in [2.75, 3.05) is 13.1 Å². The molecule has 3 heterocycles. The number of carbonyl (C=O) groups is 1. The van der Waals surface area contributed by atoms with Crippen molar-refractivity contribution in [2.45, 2.75) is 19.4 Å². The van der Waals surface area contributed by atoms with Gasteiger partial charge in [0.05, 0.1) is 5.69 Å². The highest BCUT2D eigenvalue weighted by Crippen LogP contribution is 2.38. The topological polar surface area (TPSA) is 47.4 Å². The molecule has 1 aromatic carbocycles.